The zero-order chi connectivity index (χ0) is 20.1. The molecule has 0 saturated heterocycles. The topological polar surface area (TPSA) is 48.4 Å². The van der Waals surface area contributed by atoms with Gasteiger partial charge in [-0.1, -0.05) is 66.7 Å². The van der Waals surface area contributed by atoms with Gasteiger partial charge in [-0.15, -0.1) is 0 Å². The first-order valence-electron chi connectivity index (χ1n) is 9.27. The molecule has 0 radical (unpaired) electrons. The SMILES string of the molecule is CC(=O)c1ncc(Oc2ccccc2)c(Oc2ccccc2)c1-c1ccccc1. The fraction of sp³-hybridized carbons (Fsp3) is 0.0400. The molecule has 0 unspecified atom stereocenters. The lowest BCUT2D eigenvalue weighted by Gasteiger charge is -2.18. The molecule has 142 valence electrons. The van der Waals surface area contributed by atoms with Crippen LogP contribution in [0.2, 0.25) is 0 Å². The zero-order valence-electron chi connectivity index (χ0n) is 15.9. The normalized spacial score (nSPS) is 10.4. The van der Waals surface area contributed by atoms with Crippen molar-refractivity contribution in [3.8, 4) is 34.1 Å². The Hall–Kier alpha value is -3.92. The maximum absolute atomic E-state index is 12.4. The second kappa shape index (κ2) is 8.40. The van der Waals surface area contributed by atoms with Crippen LogP contribution in [0.15, 0.2) is 97.2 Å². The number of Topliss-reactive ketones (excluding diaryl/α,β-unsaturated/α-hetero) is 1. The number of ketones is 1. The Kier molecular flexibility index (Phi) is 5.34. The standard InChI is InChI=1S/C25H19NO3/c1-18(27)24-23(19-11-5-2-6-12-19)25(29-21-15-9-4-10-16-21)22(17-26-24)28-20-13-7-3-8-14-20/h2-17H,1H3. The molecule has 0 spiro atoms. The van der Waals surface area contributed by atoms with Crippen LogP contribution in [-0.2, 0) is 0 Å². The van der Waals surface area contributed by atoms with Gasteiger partial charge in [-0.3, -0.25) is 4.79 Å². The number of carbonyl (C=O) groups is 1. The third-order valence-electron chi connectivity index (χ3n) is 4.33. The summed E-state index contributed by atoms with van der Waals surface area (Å²) in [7, 11) is 0. The number of rotatable bonds is 6. The summed E-state index contributed by atoms with van der Waals surface area (Å²) in [5, 5.41) is 0. The highest BCUT2D eigenvalue weighted by Gasteiger charge is 2.22. The van der Waals surface area contributed by atoms with E-state index in [9.17, 15) is 4.79 Å². The van der Waals surface area contributed by atoms with Crippen molar-refractivity contribution < 1.29 is 14.3 Å². The van der Waals surface area contributed by atoms with Gasteiger partial charge in [0.2, 0.25) is 0 Å². The lowest BCUT2D eigenvalue weighted by atomic mass is 10.0. The van der Waals surface area contributed by atoms with Crippen LogP contribution in [0.1, 0.15) is 17.4 Å². The average molecular weight is 381 g/mol. The lowest BCUT2D eigenvalue weighted by Crippen LogP contribution is -2.04. The third-order valence-corrected chi connectivity index (χ3v) is 4.33. The van der Waals surface area contributed by atoms with E-state index in [4.69, 9.17) is 9.47 Å². The zero-order valence-corrected chi connectivity index (χ0v) is 15.9. The first-order valence-corrected chi connectivity index (χ1v) is 9.27. The van der Waals surface area contributed by atoms with Crippen LogP contribution in [0.25, 0.3) is 11.1 Å². The van der Waals surface area contributed by atoms with E-state index in [0.29, 0.717) is 34.3 Å². The summed E-state index contributed by atoms with van der Waals surface area (Å²) < 4.78 is 12.3. The highest BCUT2D eigenvalue weighted by Crippen LogP contribution is 2.43. The van der Waals surface area contributed by atoms with Crippen LogP contribution in [0.3, 0.4) is 0 Å². The Morgan fingerprint density at radius 3 is 1.79 bits per heavy atom. The van der Waals surface area contributed by atoms with Crippen molar-refractivity contribution in [2.24, 2.45) is 0 Å². The van der Waals surface area contributed by atoms with E-state index in [1.807, 2.05) is 91.0 Å². The highest BCUT2D eigenvalue weighted by molar-refractivity contribution is 6.01. The molecule has 0 aliphatic rings. The van der Waals surface area contributed by atoms with Crippen molar-refractivity contribution in [1.29, 1.82) is 0 Å². The molecule has 1 heterocycles. The van der Waals surface area contributed by atoms with Crippen LogP contribution in [-0.4, -0.2) is 10.8 Å². The van der Waals surface area contributed by atoms with Crippen LogP contribution in [0.4, 0.5) is 0 Å². The van der Waals surface area contributed by atoms with E-state index < -0.39 is 0 Å². The molecule has 0 saturated carbocycles. The average Bonchev–Trinajstić information content (AvgIpc) is 2.76. The monoisotopic (exact) mass is 381 g/mol. The second-order valence-electron chi connectivity index (χ2n) is 6.43. The van der Waals surface area contributed by atoms with Gasteiger partial charge in [-0.05, 0) is 29.8 Å². The third kappa shape index (κ3) is 4.17. The molecule has 0 bridgehead atoms. The summed E-state index contributed by atoms with van der Waals surface area (Å²) >= 11 is 0. The van der Waals surface area contributed by atoms with Gasteiger partial charge in [0.25, 0.3) is 0 Å². The number of aromatic nitrogens is 1. The van der Waals surface area contributed by atoms with E-state index in [1.54, 1.807) is 0 Å². The van der Waals surface area contributed by atoms with Crippen molar-refractivity contribution in [3.05, 3.63) is 103 Å². The predicted molar refractivity (Wildman–Crippen MR) is 113 cm³/mol. The first-order chi connectivity index (χ1) is 14.2. The van der Waals surface area contributed by atoms with Gasteiger partial charge in [0, 0.05) is 6.92 Å². The van der Waals surface area contributed by atoms with Crippen molar-refractivity contribution in [3.63, 3.8) is 0 Å². The number of para-hydroxylation sites is 2. The summed E-state index contributed by atoms with van der Waals surface area (Å²) in [5.74, 6) is 2.04. The molecule has 0 N–H and O–H groups in total. The number of nitrogens with zero attached hydrogens (tertiary/aromatic N) is 1. The molecule has 4 heteroatoms. The summed E-state index contributed by atoms with van der Waals surface area (Å²) in [6.07, 6.45) is 1.54. The fourth-order valence-electron chi connectivity index (χ4n) is 3.01. The van der Waals surface area contributed by atoms with Crippen LogP contribution < -0.4 is 9.47 Å². The number of hydrogen-bond donors (Lipinski definition) is 0. The largest absolute Gasteiger partial charge is 0.453 e. The first kappa shape index (κ1) is 18.4. The van der Waals surface area contributed by atoms with Gasteiger partial charge < -0.3 is 9.47 Å². The van der Waals surface area contributed by atoms with Gasteiger partial charge in [0.05, 0.1) is 11.8 Å². The predicted octanol–water partition coefficient (Wildman–Crippen LogP) is 6.54. The second-order valence-corrected chi connectivity index (χ2v) is 6.43. The Bertz CT molecular complexity index is 1110. The Labute approximate surface area is 169 Å². The minimum absolute atomic E-state index is 0.145. The number of benzene rings is 3. The summed E-state index contributed by atoms with van der Waals surface area (Å²) in [6, 6.07) is 28.4. The smallest absolute Gasteiger partial charge is 0.188 e. The molecule has 0 aliphatic carbocycles. The van der Waals surface area contributed by atoms with Gasteiger partial charge in [0.15, 0.2) is 17.3 Å². The van der Waals surface area contributed by atoms with E-state index in [1.165, 1.54) is 13.1 Å². The number of ether oxygens (including phenoxy) is 2. The lowest BCUT2D eigenvalue weighted by molar-refractivity contribution is 0.101. The minimum Gasteiger partial charge on any atom is -0.453 e. The van der Waals surface area contributed by atoms with Crippen molar-refractivity contribution in [2.75, 3.05) is 0 Å². The van der Waals surface area contributed by atoms with E-state index in [0.717, 1.165) is 5.56 Å². The summed E-state index contributed by atoms with van der Waals surface area (Å²) in [4.78, 5) is 16.8. The maximum Gasteiger partial charge on any atom is 0.188 e. The van der Waals surface area contributed by atoms with Gasteiger partial charge in [-0.25, -0.2) is 4.98 Å². The van der Waals surface area contributed by atoms with Gasteiger partial charge >= 0.3 is 0 Å². The molecule has 0 fully saturated rings. The maximum atomic E-state index is 12.4. The molecule has 0 atom stereocenters. The molecule has 29 heavy (non-hydrogen) atoms. The molecular weight excluding hydrogens is 362 g/mol. The number of carbonyl (C=O) groups excluding carboxylic acids is 1. The molecule has 3 aromatic carbocycles. The van der Waals surface area contributed by atoms with Crippen molar-refractivity contribution in [2.45, 2.75) is 6.92 Å². The minimum atomic E-state index is -0.145. The molecule has 4 aromatic rings. The van der Waals surface area contributed by atoms with Crippen molar-refractivity contribution in [1.82, 2.24) is 4.98 Å². The van der Waals surface area contributed by atoms with Crippen molar-refractivity contribution >= 4 is 5.78 Å². The van der Waals surface area contributed by atoms with E-state index in [-0.39, 0.29) is 5.78 Å². The van der Waals surface area contributed by atoms with Crippen LogP contribution >= 0.6 is 0 Å². The number of hydrogen-bond acceptors (Lipinski definition) is 4. The van der Waals surface area contributed by atoms with E-state index in [2.05, 4.69) is 4.98 Å². The molecular formula is C25H19NO3. The van der Waals surface area contributed by atoms with E-state index >= 15 is 0 Å². The molecule has 0 aliphatic heterocycles. The van der Waals surface area contributed by atoms with Crippen LogP contribution in [0, 0.1) is 0 Å². The molecule has 4 nitrogen and oxygen atoms in total. The van der Waals surface area contributed by atoms with Gasteiger partial charge in [0.1, 0.15) is 17.2 Å². The highest BCUT2D eigenvalue weighted by atomic mass is 16.5. The molecule has 1 aromatic heterocycles. The Morgan fingerprint density at radius 1 is 0.724 bits per heavy atom. The summed E-state index contributed by atoms with van der Waals surface area (Å²) in [6.45, 7) is 1.50. The Morgan fingerprint density at radius 2 is 1.24 bits per heavy atom. The Balaban J connectivity index is 1.92. The molecule has 0 amide bonds. The quantitative estimate of drug-likeness (QED) is 0.356. The fourth-order valence-corrected chi connectivity index (χ4v) is 3.01. The van der Waals surface area contributed by atoms with Crippen LogP contribution in [0.5, 0.6) is 23.0 Å². The summed E-state index contributed by atoms with van der Waals surface area (Å²) in [5.41, 5.74) is 1.77. The molecule has 4 rings (SSSR count). The number of pyridine rings is 1. The van der Waals surface area contributed by atoms with Gasteiger partial charge in [-0.2, -0.15) is 0 Å².